The first-order valence-corrected chi connectivity index (χ1v) is 9.01. The Morgan fingerprint density at radius 1 is 1.04 bits per heavy atom. The van der Waals surface area contributed by atoms with Gasteiger partial charge in [-0.25, -0.2) is 0 Å². The zero-order chi connectivity index (χ0) is 18.5. The van der Waals surface area contributed by atoms with Gasteiger partial charge in [-0.2, -0.15) is 5.10 Å². The van der Waals surface area contributed by atoms with Gasteiger partial charge in [0.25, 0.3) is 5.91 Å². The van der Waals surface area contributed by atoms with Crippen LogP contribution in [0.15, 0.2) is 67.0 Å². The van der Waals surface area contributed by atoms with E-state index in [1.165, 1.54) is 5.56 Å². The number of amides is 1. The Hall–Kier alpha value is -2.88. The van der Waals surface area contributed by atoms with Crippen molar-refractivity contribution in [2.45, 2.75) is 33.4 Å². The fraction of sp³-hybridized carbons (Fsp3) is 0.273. The third-order valence-electron chi connectivity index (χ3n) is 4.70. The summed E-state index contributed by atoms with van der Waals surface area (Å²) in [4.78, 5) is 12.7. The molecule has 3 aromatic rings. The van der Waals surface area contributed by atoms with Crippen molar-refractivity contribution in [3.63, 3.8) is 0 Å². The van der Waals surface area contributed by atoms with Crippen LogP contribution in [0, 0.1) is 5.92 Å². The first-order valence-electron chi connectivity index (χ1n) is 9.01. The highest BCUT2D eigenvalue weighted by Gasteiger charge is 2.16. The second-order valence-electron chi connectivity index (χ2n) is 6.95. The van der Waals surface area contributed by atoms with Gasteiger partial charge in [-0.3, -0.25) is 9.48 Å². The Labute approximate surface area is 154 Å². The van der Waals surface area contributed by atoms with Crippen molar-refractivity contribution in [3.05, 3.63) is 78.1 Å². The average Bonchev–Trinajstić information content (AvgIpc) is 3.15. The van der Waals surface area contributed by atoms with Crippen molar-refractivity contribution in [1.82, 2.24) is 15.1 Å². The normalized spacial score (nSPS) is 12.2. The summed E-state index contributed by atoms with van der Waals surface area (Å²) in [7, 11) is 0. The number of carbonyl (C=O) groups is 1. The maximum Gasteiger partial charge on any atom is 0.252 e. The molecular weight excluding hydrogens is 322 g/mol. The Bertz CT molecular complexity index is 851. The van der Waals surface area contributed by atoms with Crippen molar-refractivity contribution in [3.8, 4) is 11.1 Å². The van der Waals surface area contributed by atoms with Gasteiger partial charge >= 0.3 is 0 Å². The van der Waals surface area contributed by atoms with E-state index >= 15 is 0 Å². The predicted octanol–water partition coefficient (Wildman–Crippen LogP) is 4.37. The maximum atomic E-state index is 12.7. The van der Waals surface area contributed by atoms with E-state index < -0.39 is 0 Å². The molecule has 134 valence electrons. The molecule has 0 aliphatic rings. The van der Waals surface area contributed by atoms with Crippen LogP contribution >= 0.6 is 0 Å². The van der Waals surface area contributed by atoms with Gasteiger partial charge in [0, 0.05) is 24.0 Å². The number of aromatic nitrogens is 2. The van der Waals surface area contributed by atoms with Crippen molar-refractivity contribution < 1.29 is 4.79 Å². The SMILES string of the molecule is CC(C)C(C)NC(=O)c1ccccc1-c1ccc(Cn2cccn2)cc1. The Balaban J connectivity index is 1.82. The van der Waals surface area contributed by atoms with Gasteiger partial charge < -0.3 is 5.32 Å². The van der Waals surface area contributed by atoms with Crippen LogP contribution in [0.4, 0.5) is 0 Å². The van der Waals surface area contributed by atoms with Crippen molar-refractivity contribution in [2.24, 2.45) is 5.92 Å². The number of hydrogen-bond donors (Lipinski definition) is 1. The van der Waals surface area contributed by atoms with Crippen LogP contribution in [0.5, 0.6) is 0 Å². The lowest BCUT2D eigenvalue weighted by atomic mass is 9.97. The Morgan fingerprint density at radius 2 is 1.77 bits per heavy atom. The minimum absolute atomic E-state index is 0.0255. The van der Waals surface area contributed by atoms with Gasteiger partial charge in [-0.1, -0.05) is 56.3 Å². The molecule has 0 radical (unpaired) electrons. The van der Waals surface area contributed by atoms with Gasteiger partial charge in [0.05, 0.1) is 6.54 Å². The second-order valence-corrected chi connectivity index (χ2v) is 6.95. The first kappa shape index (κ1) is 17.9. The van der Waals surface area contributed by atoms with Crippen LogP contribution < -0.4 is 5.32 Å². The molecule has 1 amide bonds. The van der Waals surface area contributed by atoms with Crippen LogP contribution in [-0.4, -0.2) is 21.7 Å². The van der Waals surface area contributed by atoms with E-state index in [0.717, 1.165) is 17.7 Å². The number of nitrogens with zero attached hydrogens (tertiary/aromatic N) is 2. The second kappa shape index (κ2) is 8.00. The van der Waals surface area contributed by atoms with Crippen molar-refractivity contribution in [2.75, 3.05) is 0 Å². The summed E-state index contributed by atoms with van der Waals surface area (Å²) in [5.41, 5.74) is 3.87. The van der Waals surface area contributed by atoms with Gasteiger partial charge in [-0.05, 0) is 41.7 Å². The molecule has 26 heavy (non-hydrogen) atoms. The number of rotatable bonds is 6. The fourth-order valence-electron chi connectivity index (χ4n) is 2.75. The van der Waals surface area contributed by atoms with E-state index in [-0.39, 0.29) is 11.9 Å². The monoisotopic (exact) mass is 347 g/mol. The van der Waals surface area contributed by atoms with E-state index in [1.807, 2.05) is 48.1 Å². The molecule has 1 atom stereocenters. The Morgan fingerprint density at radius 3 is 2.42 bits per heavy atom. The lowest BCUT2D eigenvalue weighted by Gasteiger charge is -2.18. The quantitative estimate of drug-likeness (QED) is 0.719. The average molecular weight is 347 g/mol. The van der Waals surface area contributed by atoms with E-state index in [1.54, 1.807) is 6.20 Å². The molecule has 4 heteroatoms. The van der Waals surface area contributed by atoms with Gasteiger partial charge in [-0.15, -0.1) is 0 Å². The molecule has 4 nitrogen and oxygen atoms in total. The van der Waals surface area contributed by atoms with E-state index in [9.17, 15) is 4.79 Å². The number of carbonyl (C=O) groups excluding carboxylic acids is 1. The van der Waals surface area contributed by atoms with Gasteiger partial charge in [0.2, 0.25) is 0 Å². The van der Waals surface area contributed by atoms with Gasteiger partial charge in [0.1, 0.15) is 0 Å². The zero-order valence-corrected chi connectivity index (χ0v) is 15.5. The summed E-state index contributed by atoms with van der Waals surface area (Å²) < 4.78 is 1.89. The molecule has 3 rings (SSSR count). The zero-order valence-electron chi connectivity index (χ0n) is 15.5. The van der Waals surface area contributed by atoms with Crippen molar-refractivity contribution in [1.29, 1.82) is 0 Å². The smallest absolute Gasteiger partial charge is 0.252 e. The van der Waals surface area contributed by atoms with Crippen LogP contribution in [0.3, 0.4) is 0 Å². The summed E-state index contributed by atoms with van der Waals surface area (Å²) in [6.07, 6.45) is 3.73. The minimum Gasteiger partial charge on any atom is -0.349 e. The van der Waals surface area contributed by atoms with Crippen LogP contribution in [0.25, 0.3) is 11.1 Å². The highest BCUT2D eigenvalue weighted by molar-refractivity contribution is 6.01. The summed E-state index contributed by atoms with van der Waals surface area (Å²) >= 11 is 0. The van der Waals surface area contributed by atoms with E-state index in [0.29, 0.717) is 11.5 Å². The largest absolute Gasteiger partial charge is 0.349 e. The predicted molar refractivity (Wildman–Crippen MR) is 105 cm³/mol. The van der Waals surface area contributed by atoms with E-state index in [4.69, 9.17) is 0 Å². The molecule has 0 spiro atoms. The molecule has 0 aliphatic heterocycles. The topological polar surface area (TPSA) is 46.9 Å². The van der Waals surface area contributed by atoms with Crippen molar-refractivity contribution >= 4 is 5.91 Å². The molecule has 1 N–H and O–H groups in total. The standard InChI is InChI=1S/C22H25N3O/c1-16(2)17(3)24-22(26)21-8-5-4-7-20(21)19-11-9-18(10-12-19)15-25-14-6-13-23-25/h4-14,16-17H,15H2,1-3H3,(H,24,26). The Kier molecular flexibility index (Phi) is 5.52. The molecule has 0 bridgehead atoms. The molecule has 0 saturated heterocycles. The number of benzene rings is 2. The minimum atomic E-state index is -0.0255. The lowest BCUT2D eigenvalue weighted by molar-refractivity contribution is 0.0931. The summed E-state index contributed by atoms with van der Waals surface area (Å²) in [6.45, 7) is 6.99. The lowest BCUT2D eigenvalue weighted by Crippen LogP contribution is -2.36. The number of hydrogen-bond acceptors (Lipinski definition) is 2. The highest BCUT2D eigenvalue weighted by atomic mass is 16.1. The molecule has 1 heterocycles. The van der Waals surface area contributed by atoms with Crippen LogP contribution in [0.2, 0.25) is 0 Å². The molecule has 0 aliphatic carbocycles. The molecular formula is C22H25N3O. The number of nitrogens with one attached hydrogen (secondary N) is 1. The summed E-state index contributed by atoms with van der Waals surface area (Å²) in [5, 5.41) is 7.33. The molecule has 1 unspecified atom stereocenters. The summed E-state index contributed by atoms with van der Waals surface area (Å²) in [5.74, 6) is 0.370. The highest BCUT2D eigenvalue weighted by Crippen LogP contribution is 2.24. The van der Waals surface area contributed by atoms with Crippen LogP contribution in [0.1, 0.15) is 36.7 Å². The first-order chi connectivity index (χ1) is 12.5. The molecule has 0 fully saturated rings. The maximum absolute atomic E-state index is 12.7. The third kappa shape index (κ3) is 4.20. The molecule has 1 aromatic heterocycles. The fourth-order valence-corrected chi connectivity index (χ4v) is 2.75. The van der Waals surface area contributed by atoms with Gasteiger partial charge in [0.15, 0.2) is 0 Å². The third-order valence-corrected chi connectivity index (χ3v) is 4.70. The van der Waals surface area contributed by atoms with Crippen LogP contribution in [-0.2, 0) is 6.54 Å². The summed E-state index contributed by atoms with van der Waals surface area (Å²) in [6, 6.07) is 18.1. The van der Waals surface area contributed by atoms with E-state index in [2.05, 4.69) is 48.5 Å². The molecule has 0 saturated carbocycles. The molecule has 2 aromatic carbocycles.